The zero-order valence-corrected chi connectivity index (χ0v) is 14.9. The summed E-state index contributed by atoms with van der Waals surface area (Å²) in [7, 11) is 1.64. The van der Waals surface area contributed by atoms with Gasteiger partial charge >= 0.3 is 0 Å². The third-order valence-corrected chi connectivity index (χ3v) is 5.73. The summed E-state index contributed by atoms with van der Waals surface area (Å²) in [5.41, 5.74) is 6.35. The molecule has 0 unspecified atom stereocenters. The van der Waals surface area contributed by atoms with E-state index in [1.165, 1.54) is 16.4 Å². The molecule has 4 rings (SSSR count). The van der Waals surface area contributed by atoms with Gasteiger partial charge in [0, 0.05) is 30.6 Å². The maximum atomic E-state index is 11.3. The molecule has 0 saturated carbocycles. The monoisotopic (exact) mass is 363 g/mol. The van der Waals surface area contributed by atoms with Gasteiger partial charge in [-0.25, -0.2) is 0 Å². The lowest BCUT2D eigenvalue weighted by molar-refractivity contribution is -0.124. The van der Waals surface area contributed by atoms with E-state index in [2.05, 4.69) is 14.4 Å². The number of hydrogen-bond donors (Lipinski definition) is 1. The number of nitrogens with zero attached hydrogens (tertiary/aromatic N) is 4. The van der Waals surface area contributed by atoms with Crippen LogP contribution in [0.25, 0.3) is 0 Å². The van der Waals surface area contributed by atoms with Crippen LogP contribution in [0, 0.1) is 0 Å². The SMILES string of the molecule is COc1cc(CN2CCC3(CC2)Cn2nc(C(N)=O)cc2CO3)sn1. The van der Waals surface area contributed by atoms with Crippen LogP contribution in [-0.2, 0) is 24.4 Å². The first-order valence-electron chi connectivity index (χ1n) is 8.29. The van der Waals surface area contributed by atoms with Crippen LogP contribution in [0.5, 0.6) is 5.88 Å². The first kappa shape index (κ1) is 16.5. The summed E-state index contributed by atoms with van der Waals surface area (Å²) >= 11 is 1.49. The molecule has 1 saturated heterocycles. The fraction of sp³-hybridized carbons (Fsp3) is 0.562. The number of aromatic nitrogens is 3. The highest BCUT2D eigenvalue weighted by Crippen LogP contribution is 2.34. The molecule has 2 N–H and O–H groups in total. The lowest BCUT2D eigenvalue weighted by atomic mass is 9.90. The molecule has 0 aromatic carbocycles. The lowest BCUT2D eigenvalue weighted by Crippen LogP contribution is -2.50. The maximum Gasteiger partial charge on any atom is 0.269 e. The molecule has 134 valence electrons. The number of piperidine rings is 1. The second-order valence-electron chi connectivity index (χ2n) is 6.63. The highest BCUT2D eigenvalue weighted by atomic mass is 32.1. The summed E-state index contributed by atoms with van der Waals surface area (Å²) in [6.07, 6.45) is 1.88. The van der Waals surface area contributed by atoms with Crippen molar-refractivity contribution in [3.05, 3.63) is 28.4 Å². The van der Waals surface area contributed by atoms with E-state index in [1.54, 1.807) is 13.2 Å². The Hall–Kier alpha value is -1.97. The zero-order chi connectivity index (χ0) is 17.4. The molecule has 0 atom stereocenters. The second kappa shape index (κ2) is 6.40. The molecule has 1 fully saturated rings. The van der Waals surface area contributed by atoms with Gasteiger partial charge in [0.15, 0.2) is 0 Å². The second-order valence-corrected chi connectivity index (χ2v) is 7.52. The molecule has 2 aromatic heterocycles. The van der Waals surface area contributed by atoms with Gasteiger partial charge in [0.2, 0.25) is 5.88 Å². The highest BCUT2D eigenvalue weighted by Gasteiger charge is 2.39. The molecule has 0 radical (unpaired) electrons. The fourth-order valence-corrected chi connectivity index (χ4v) is 4.21. The normalized spacial score (nSPS) is 19.7. The van der Waals surface area contributed by atoms with E-state index >= 15 is 0 Å². The Morgan fingerprint density at radius 1 is 1.44 bits per heavy atom. The summed E-state index contributed by atoms with van der Waals surface area (Å²) in [5.74, 6) is 0.186. The topological polar surface area (TPSA) is 95.5 Å². The minimum absolute atomic E-state index is 0.199. The standard InChI is InChI=1S/C16H21N5O3S/c1-23-14-7-12(25-19-14)8-20-4-2-16(3-5-20)10-21-11(9-24-16)6-13(18-21)15(17)22/h6-7H,2-5,8-10H2,1H3,(H2,17,22). The van der Waals surface area contributed by atoms with Crippen LogP contribution in [0.4, 0.5) is 0 Å². The molecular formula is C16H21N5O3S. The average molecular weight is 363 g/mol. The number of hydrogen-bond acceptors (Lipinski definition) is 7. The van der Waals surface area contributed by atoms with Crippen molar-refractivity contribution < 1.29 is 14.3 Å². The van der Waals surface area contributed by atoms with Gasteiger partial charge in [0.25, 0.3) is 5.91 Å². The Morgan fingerprint density at radius 2 is 2.24 bits per heavy atom. The Labute approximate surface area is 149 Å². The predicted molar refractivity (Wildman–Crippen MR) is 91.4 cm³/mol. The Bertz CT molecular complexity index is 779. The van der Waals surface area contributed by atoms with Crippen LogP contribution in [-0.4, -0.2) is 50.8 Å². The van der Waals surface area contributed by atoms with Gasteiger partial charge in [-0.3, -0.25) is 14.4 Å². The summed E-state index contributed by atoms with van der Waals surface area (Å²) in [6, 6.07) is 3.72. The number of likely N-dealkylation sites (tertiary alicyclic amines) is 1. The van der Waals surface area contributed by atoms with Gasteiger partial charge in [-0.15, -0.1) is 0 Å². The molecule has 2 aliphatic heterocycles. The first-order valence-corrected chi connectivity index (χ1v) is 9.07. The van der Waals surface area contributed by atoms with Gasteiger partial charge in [-0.2, -0.15) is 9.47 Å². The fourth-order valence-electron chi connectivity index (χ4n) is 3.48. The highest BCUT2D eigenvalue weighted by molar-refractivity contribution is 7.05. The van der Waals surface area contributed by atoms with Crippen molar-refractivity contribution in [1.82, 2.24) is 19.1 Å². The number of primary amides is 1. The molecule has 1 spiro atoms. The van der Waals surface area contributed by atoms with Gasteiger partial charge < -0.3 is 15.2 Å². The lowest BCUT2D eigenvalue weighted by Gasteiger charge is -2.43. The quantitative estimate of drug-likeness (QED) is 0.871. The Kier molecular flexibility index (Phi) is 4.22. The third-order valence-electron chi connectivity index (χ3n) is 4.97. The maximum absolute atomic E-state index is 11.3. The van der Waals surface area contributed by atoms with Crippen LogP contribution in [0.2, 0.25) is 0 Å². The molecule has 9 heteroatoms. The van der Waals surface area contributed by atoms with E-state index in [-0.39, 0.29) is 5.60 Å². The summed E-state index contributed by atoms with van der Waals surface area (Å²) < 4.78 is 17.4. The van der Waals surface area contributed by atoms with Crippen molar-refractivity contribution in [3.8, 4) is 5.88 Å². The number of fused-ring (bicyclic) bond motifs is 1. The molecular weight excluding hydrogens is 342 g/mol. The van der Waals surface area contributed by atoms with Crippen LogP contribution in [0.1, 0.15) is 33.9 Å². The molecule has 0 aliphatic carbocycles. The van der Waals surface area contributed by atoms with Crippen LogP contribution >= 0.6 is 11.5 Å². The first-order chi connectivity index (χ1) is 12.1. The van der Waals surface area contributed by atoms with Crippen molar-refractivity contribution in [2.45, 2.75) is 38.1 Å². The van der Waals surface area contributed by atoms with Crippen LogP contribution < -0.4 is 10.5 Å². The number of carbonyl (C=O) groups is 1. The van der Waals surface area contributed by atoms with Crippen molar-refractivity contribution >= 4 is 17.4 Å². The molecule has 1 amide bonds. The summed E-state index contributed by atoms with van der Waals surface area (Å²) in [5, 5.41) is 4.33. The van der Waals surface area contributed by atoms with E-state index in [9.17, 15) is 4.79 Å². The zero-order valence-electron chi connectivity index (χ0n) is 14.1. The third kappa shape index (κ3) is 3.26. The number of carbonyl (C=O) groups excluding carboxylic acids is 1. The minimum atomic E-state index is -0.495. The van der Waals surface area contributed by atoms with E-state index in [0.717, 1.165) is 38.2 Å². The average Bonchev–Trinajstić information content (AvgIpc) is 3.23. The van der Waals surface area contributed by atoms with Crippen LogP contribution in [0.3, 0.4) is 0 Å². The summed E-state index contributed by atoms with van der Waals surface area (Å²) in [4.78, 5) is 14.9. The molecule has 4 heterocycles. The molecule has 25 heavy (non-hydrogen) atoms. The van der Waals surface area contributed by atoms with E-state index in [1.807, 2.05) is 10.7 Å². The number of rotatable bonds is 4. The van der Waals surface area contributed by atoms with Crippen LogP contribution in [0.15, 0.2) is 12.1 Å². The van der Waals surface area contributed by atoms with Gasteiger partial charge in [-0.1, -0.05) is 0 Å². The van der Waals surface area contributed by atoms with Crippen molar-refractivity contribution in [2.75, 3.05) is 20.2 Å². The Morgan fingerprint density at radius 3 is 2.92 bits per heavy atom. The number of amides is 1. The molecule has 2 aromatic rings. The van der Waals surface area contributed by atoms with Gasteiger partial charge in [0.1, 0.15) is 5.69 Å². The van der Waals surface area contributed by atoms with E-state index < -0.39 is 5.91 Å². The minimum Gasteiger partial charge on any atom is -0.480 e. The predicted octanol–water partition coefficient (Wildman–Crippen LogP) is 1.01. The van der Waals surface area contributed by atoms with Gasteiger partial charge in [-0.05, 0) is 30.4 Å². The Balaban J connectivity index is 1.38. The van der Waals surface area contributed by atoms with Crippen molar-refractivity contribution in [2.24, 2.45) is 5.73 Å². The summed E-state index contributed by atoms with van der Waals surface area (Å²) in [6.45, 7) is 3.96. The van der Waals surface area contributed by atoms with Crippen molar-refractivity contribution in [1.29, 1.82) is 0 Å². The van der Waals surface area contributed by atoms with Gasteiger partial charge in [0.05, 0.1) is 31.6 Å². The van der Waals surface area contributed by atoms with E-state index in [0.29, 0.717) is 24.7 Å². The smallest absolute Gasteiger partial charge is 0.269 e. The number of ether oxygens (including phenoxy) is 2. The molecule has 0 bridgehead atoms. The van der Waals surface area contributed by atoms with E-state index in [4.69, 9.17) is 15.2 Å². The van der Waals surface area contributed by atoms with Crippen molar-refractivity contribution in [3.63, 3.8) is 0 Å². The number of methoxy groups -OCH3 is 1. The molecule has 8 nitrogen and oxygen atoms in total. The molecule has 2 aliphatic rings. The largest absolute Gasteiger partial charge is 0.480 e. The number of nitrogens with two attached hydrogens (primary N) is 1.